The molecule has 1 aromatic heterocycles. The van der Waals surface area contributed by atoms with E-state index in [4.69, 9.17) is 5.73 Å². The van der Waals surface area contributed by atoms with Crippen LogP contribution in [0.3, 0.4) is 0 Å². The van der Waals surface area contributed by atoms with Crippen LogP contribution in [0.5, 0.6) is 0 Å². The minimum Gasteiger partial charge on any atom is -0.395 e. The Labute approximate surface area is 121 Å². The maximum absolute atomic E-state index is 6.15. The Morgan fingerprint density at radius 3 is 2.20 bits per heavy atom. The van der Waals surface area contributed by atoms with E-state index in [1.54, 1.807) is 0 Å². The van der Waals surface area contributed by atoms with Crippen LogP contribution in [0.1, 0.15) is 43.4 Å². The highest BCUT2D eigenvalue weighted by Crippen LogP contribution is 2.31. The highest BCUT2D eigenvalue weighted by atomic mass is 14.9. The van der Waals surface area contributed by atoms with Gasteiger partial charge in [-0.15, -0.1) is 0 Å². The van der Waals surface area contributed by atoms with Gasteiger partial charge in [-0.25, -0.2) is 9.97 Å². The van der Waals surface area contributed by atoms with Crippen LogP contribution in [0.25, 0.3) is 11.3 Å². The van der Waals surface area contributed by atoms with E-state index in [-0.39, 0.29) is 5.41 Å². The van der Waals surface area contributed by atoms with Gasteiger partial charge in [0.15, 0.2) is 0 Å². The number of aromatic nitrogens is 2. The molecule has 2 rings (SSSR count). The maximum Gasteiger partial charge on any atom is 0.126 e. The van der Waals surface area contributed by atoms with Crippen LogP contribution in [0.15, 0.2) is 18.2 Å². The predicted molar refractivity (Wildman–Crippen MR) is 84.8 cm³/mol. The van der Waals surface area contributed by atoms with Crippen molar-refractivity contribution in [2.24, 2.45) is 0 Å². The first kappa shape index (κ1) is 14.5. The molecule has 0 spiro atoms. The number of rotatable bonds is 1. The van der Waals surface area contributed by atoms with E-state index < -0.39 is 0 Å². The van der Waals surface area contributed by atoms with Crippen LogP contribution in [-0.4, -0.2) is 9.97 Å². The van der Waals surface area contributed by atoms with Crippen LogP contribution in [0.2, 0.25) is 0 Å². The normalized spacial score (nSPS) is 11.7. The number of hydrogen-bond donors (Lipinski definition) is 1. The molecule has 20 heavy (non-hydrogen) atoms. The van der Waals surface area contributed by atoms with Gasteiger partial charge in [0, 0.05) is 5.56 Å². The fourth-order valence-corrected chi connectivity index (χ4v) is 2.32. The van der Waals surface area contributed by atoms with Crippen molar-refractivity contribution < 1.29 is 0 Å². The minimum absolute atomic E-state index is 0.145. The Kier molecular flexibility index (Phi) is 3.55. The molecule has 0 aliphatic rings. The molecule has 0 amide bonds. The Balaban J connectivity index is 2.60. The van der Waals surface area contributed by atoms with Crippen molar-refractivity contribution >= 4 is 5.69 Å². The molecule has 0 fully saturated rings. The van der Waals surface area contributed by atoms with Gasteiger partial charge >= 0.3 is 0 Å². The molecule has 3 nitrogen and oxygen atoms in total. The summed E-state index contributed by atoms with van der Waals surface area (Å²) in [5.41, 5.74) is 12.2. The summed E-state index contributed by atoms with van der Waals surface area (Å²) in [4.78, 5) is 8.83. The number of anilines is 1. The average molecular weight is 269 g/mol. The van der Waals surface area contributed by atoms with Gasteiger partial charge in [0.2, 0.25) is 0 Å². The molecule has 0 unspecified atom stereocenters. The number of nitrogens with two attached hydrogens (primary N) is 1. The second-order valence-electron chi connectivity index (χ2n) is 6.40. The van der Waals surface area contributed by atoms with Crippen molar-refractivity contribution in [1.29, 1.82) is 0 Å². The zero-order valence-electron chi connectivity index (χ0n) is 13.2. The molecule has 1 heterocycles. The zero-order chi connectivity index (χ0) is 15.1. The van der Waals surface area contributed by atoms with Crippen molar-refractivity contribution in [3.05, 3.63) is 40.8 Å². The number of aryl methyl sites for hydroxylation is 3. The predicted octanol–water partition coefficient (Wildman–Crippen LogP) is 3.95. The Hall–Kier alpha value is -1.90. The lowest BCUT2D eigenvalue weighted by Gasteiger charge is -2.21. The van der Waals surface area contributed by atoms with Gasteiger partial charge in [-0.05, 0) is 37.3 Å². The van der Waals surface area contributed by atoms with Gasteiger partial charge in [-0.3, -0.25) is 0 Å². The van der Waals surface area contributed by atoms with E-state index >= 15 is 0 Å². The summed E-state index contributed by atoms with van der Waals surface area (Å²) in [6, 6.07) is 6.50. The molecule has 0 saturated heterocycles. The molecule has 106 valence electrons. The van der Waals surface area contributed by atoms with Gasteiger partial charge in [0.05, 0.1) is 17.1 Å². The van der Waals surface area contributed by atoms with Gasteiger partial charge in [0.1, 0.15) is 5.82 Å². The van der Waals surface area contributed by atoms with E-state index in [1.165, 1.54) is 11.1 Å². The summed E-state index contributed by atoms with van der Waals surface area (Å²) in [6.07, 6.45) is 0. The van der Waals surface area contributed by atoms with Crippen LogP contribution < -0.4 is 5.73 Å². The molecule has 2 aromatic rings. The highest BCUT2D eigenvalue weighted by Gasteiger charge is 2.17. The van der Waals surface area contributed by atoms with Crippen LogP contribution in [0, 0.1) is 20.8 Å². The molecule has 2 N–H and O–H groups in total. The largest absolute Gasteiger partial charge is 0.395 e. The van der Waals surface area contributed by atoms with Crippen molar-refractivity contribution in [2.75, 3.05) is 5.73 Å². The van der Waals surface area contributed by atoms with E-state index in [0.29, 0.717) is 5.69 Å². The molecule has 0 aliphatic carbocycles. The lowest BCUT2D eigenvalue weighted by Crippen LogP contribution is -2.11. The third kappa shape index (κ3) is 2.67. The summed E-state index contributed by atoms with van der Waals surface area (Å²) in [5, 5.41) is 0. The molecular formula is C17H23N3. The van der Waals surface area contributed by atoms with Gasteiger partial charge in [-0.2, -0.15) is 0 Å². The first-order valence-electron chi connectivity index (χ1n) is 6.92. The number of benzene rings is 1. The number of nitrogens with zero attached hydrogens (tertiary/aromatic N) is 2. The Bertz CT molecular complexity index is 652. The third-order valence-electron chi connectivity index (χ3n) is 3.60. The molecule has 0 radical (unpaired) electrons. The minimum atomic E-state index is 0.145. The summed E-state index contributed by atoms with van der Waals surface area (Å²) in [6.45, 7) is 12.6. The second kappa shape index (κ2) is 4.89. The van der Waals surface area contributed by atoms with Crippen molar-refractivity contribution in [3.63, 3.8) is 0 Å². The molecule has 1 aromatic carbocycles. The topological polar surface area (TPSA) is 51.8 Å². The molecule has 0 bridgehead atoms. The van der Waals surface area contributed by atoms with Crippen molar-refractivity contribution in [1.82, 2.24) is 9.97 Å². The summed E-state index contributed by atoms with van der Waals surface area (Å²) in [7, 11) is 0. The number of nitrogen functional groups attached to an aromatic ring is 1. The fraction of sp³-hybridized carbons (Fsp3) is 0.412. The van der Waals surface area contributed by atoms with Crippen molar-refractivity contribution in [3.8, 4) is 11.3 Å². The van der Waals surface area contributed by atoms with Crippen molar-refractivity contribution in [2.45, 2.75) is 47.0 Å². The Morgan fingerprint density at radius 2 is 1.65 bits per heavy atom. The summed E-state index contributed by atoms with van der Waals surface area (Å²) < 4.78 is 0. The van der Waals surface area contributed by atoms with Crippen LogP contribution in [-0.2, 0) is 5.41 Å². The SMILES string of the molecule is Cc1nc(C)c(N)c(-c2ccc(C(C)(C)C)cc2C)n1. The summed E-state index contributed by atoms with van der Waals surface area (Å²) in [5.74, 6) is 0.756. The van der Waals surface area contributed by atoms with E-state index in [0.717, 1.165) is 22.8 Å². The molecule has 0 atom stereocenters. The maximum atomic E-state index is 6.15. The van der Waals surface area contributed by atoms with Gasteiger partial charge in [-0.1, -0.05) is 39.0 Å². The second-order valence-corrected chi connectivity index (χ2v) is 6.40. The fourth-order valence-electron chi connectivity index (χ4n) is 2.32. The van der Waals surface area contributed by atoms with E-state index in [2.05, 4.69) is 55.9 Å². The quantitative estimate of drug-likeness (QED) is 0.852. The molecule has 0 saturated carbocycles. The Morgan fingerprint density at radius 1 is 1.00 bits per heavy atom. The van der Waals surface area contributed by atoms with Crippen LogP contribution in [0.4, 0.5) is 5.69 Å². The van der Waals surface area contributed by atoms with Gasteiger partial charge in [0.25, 0.3) is 0 Å². The lowest BCUT2D eigenvalue weighted by molar-refractivity contribution is 0.590. The third-order valence-corrected chi connectivity index (χ3v) is 3.60. The molecule has 3 heteroatoms. The molecular weight excluding hydrogens is 246 g/mol. The summed E-state index contributed by atoms with van der Waals surface area (Å²) >= 11 is 0. The smallest absolute Gasteiger partial charge is 0.126 e. The monoisotopic (exact) mass is 269 g/mol. The number of hydrogen-bond acceptors (Lipinski definition) is 3. The molecule has 0 aliphatic heterocycles. The van der Waals surface area contributed by atoms with E-state index in [9.17, 15) is 0 Å². The standard InChI is InChI=1S/C17H23N3/c1-10-9-13(17(4,5)6)7-8-14(10)16-15(18)11(2)19-12(3)20-16/h7-9H,18H2,1-6H3. The first-order valence-corrected chi connectivity index (χ1v) is 6.92. The lowest BCUT2D eigenvalue weighted by atomic mass is 9.85. The van der Waals surface area contributed by atoms with Crippen LogP contribution >= 0.6 is 0 Å². The first-order chi connectivity index (χ1) is 9.20. The van der Waals surface area contributed by atoms with Gasteiger partial charge < -0.3 is 5.73 Å². The highest BCUT2D eigenvalue weighted by molar-refractivity contribution is 5.76. The van der Waals surface area contributed by atoms with E-state index in [1.807, 2.05) is 13.8 Å². The zero-order valence-corrected chi connectivity index (χ0v) is 13.2. The average Bonchev–Trinajstić information content (AvgIpc) is 2.33.